The Morgan fingerprint density at radius 3 is 2.15 bits per heavy atom. The molecule has 6 rings (SSSR count). The molecule has 0 aliphatic heterocycles. The Labute approximate surface area is 152 Å². The van der Waals surface area contributed by atoms with E-state index in [4.69, 9.17) is 4.52 Å². The van der Waals surface area contributed by atoms with Crippen molar-refractivity contribution in [3.63, 3.8) is 0 Å². The third-order valence-corrected chi connectivity index (χ3v) is 4.82. The molecule has 5 nitrogen and oxygen atoms in total. The van der Waals surface area contributed by atoms with E-state index >= 15 is 0 Å². The summed E-state index contributed by atoms with van der Waals surface area (Å²) in [5.41, 5.74) is 3.91. The van der Waals surface area contributed by atoms with Crippen molar-refractivity contribution < 1.29 is 4.52 Å². The van der Waals surface area contributed by atoms with Crippen molar-refractivity contribution >= 4 is 55.1 Å². The molecule has 0 aliphatic carbocycles. The minimum atomic E-state index is 0.841. The van der Waals surface area contributed by atoms with Crippen LogP contribution in [0.15, 0.2) is 77.1 Å². The first-order chi connectivity index (χ1) is 12.9. The van der Waals surface area contributed by atoms with E-state index in [-0.39, 0.29) is 0 Å². The Morgan fingerprint density at radius 2 is 1.38 bits per heavy atom. The van der Waals surface area contributed by atoms with Crippen LogP contribution in [-0.4, -0.2) is 19.5 Å². The summed E-state index contributed by atoms with van der Waals surface area (Å²) in [6, 6.07) is 16.0. The number of hydrogen-bond acceptors (Lipinski definition) is 6. The molecule has 4 heterocycles. The summed E-state index contributed by atoms with van der Waals surface area (Å²) < 4.78 is 9.15. The Kier molecular flexibility index (Phi) is 3.54. The van der Waals surface area contributed by atoms with Gasteiger partial charge in [0, 0.05) is 39.3 Å². The number of fused-ring (bicyclic) bond motifs is 6. The van der Waals surface area contributed by atoms with Crippen LogP contribution in [0.2, 0.25) is 0 Å². The lowest BCUT2D eigenvalue weighted by Gasteiger charge is -1.95. The molecule has 0 bridgehead atoms. The molecule has 0 amide bonds. The van der Waals surface area contributed by atoms with Gasteiger partial charge in [0.05, 0.1) is 16.6 Å². The van der Waals surface area contributed by atoms with Crippen LogP contribution in [-0.2, 0) is 0 Å². The largest absolute Gasteiger partial charge is 0.364 e. The predicted molar refractivity (Wildman–Crippen MR) is 104 cm³/mol. The molecule has 0 unspecified atom stereocenters. The van der Waals surface area contributed by atoms with Crippen LogP contribution in [0.4, 0.5) is 0 Å². The number of benzene rings is 2. The monoisotopic (exact) mass is 356 g/mol. The Balaban J connectivity index is 0.000000115. The smallest absolute Gasteiger partial charge is 0.122 e. The van der Waals surface area contributed by atoms with Crippen molar-refractivity contribution in [3.05, 3.63) is 72.6 Å². The first-order valence-electron chi connectivity index (χ1n) is 8.06. The van der Waals surface area contributed by atoms with Gasteiger partial charge in [-0.15, -0.1) is 0 Å². The fourth-order valence-corrected chi connectivity index (χ4v) is 3.56. The van der Waals surface area contributed by atoms with Crippen molar-refractivity contribution in [1.82, 2.24) is 19.5 Å². The number of rotatable bonds is 0. The van der Waals surface area contributed by atoms with E-state index in [2.05, 4.69) is 31.6 Å². The minimum Gasteiger partial charge on any atom is -0.364 e. The van der Waals surface area contributed by atoms with Gasteiger partial charge in [0.2, 0.25) is 0 Å². The van der Waals surface area contributed by atoms with Crippen molar-refractivity contribution in [2.75, 3.05) is 0 Å². The normalized spacial score (nSPS) is 11.1. The topological polar surface area (TPSA) is 64.7 Å². The van der Waals surface area contributed by atoms with Crippen LogP contribution < -0.4 is 0 Å². The van der Waals surface area contributed by atoms with Gasteiger partial charge in [0.15, 0.2) is 0 Å². The molecule has 0 N–H and O–H groups in total. The maximum atomic E-state index is 4.84. The molecular weight excluding hydrogens is 344 g/mol. The van der Waals surface area contributed by atoms with Gasteiger partial charge in [-0.1, -0.05) is 17.3 Å². The number of hydrogen-bond donors (Lipinski definition) is 0. The van der Waals surface area contributed by atoms with E-state index in [1.807, 2.05) is 48.0 Å². The fraction of sp³-hybridized carbons (Fsp3) is 0. The molecule has 0 saturated carbocycles. The highest BCUT2D eigenvalue weighted by atomic mass is 32.1. The van der Waals surface area contributed by atoms with E-state index in [1.54, 1.807) is 12.5 Å². The molecule has 0 aliphatic rings. The van der Waals surface area contributed by atoms with Crippen LogP contribution in [0.1, 0.15) is 0 Å². The highest BCUT2D eigenvalue weighted by molar-refractivity contribution is 7.03. The minimum absolute atomic E-state index is 0.841. The van der Waals surface area contributed by atoms with Crippen LogP contribution in [0.25, 0.3) is 43.6 Å². The SMILES string of the molecule is c1cc2ccc3noccc3c2n1.c1cc2ccc3nsccc3c2n1. The molecule has 0 saturated heterocycles. The molecule has 0 fully saturated rings. The number of nitrogens with zero attached hydrogens (tertiary/aromatic N) is 4. The zero-order valence-corrected chi connectivity index (χ0v) is 14.4. The van der Waals surface area contributed by atoms with E-state index in [9.17, 15) is 0 Å². The van der Waals surface area contributed by atoms with Crippen LogP contribution in [0.3, 0.4) is 0 Å². The van der Waals surface area contributed by atoms with Crippen LogP contribution >= 0.6 is 11.5 Å². The lowest BCUT2D eigenvalue weighted by atomic mass is 10.2. The summed E-state index contributed by atoms with van der Waals surface area (Å²) in [5, 5.41) is 10.4. The molecule has 0 radical (unpaired) electrons. The van der Waals surface area contributed by atoms with Gasteiger partial charge in [-0.3, -0.25) is 9.97 Å². The lowest BCUT2D eigenvalue weighted by Crippen LogP contribution is -1.77. The van der Waals surface area contributed by atoms with E-state index in [0.717, 1.165) is 38.2 Å². The maximum Gasteiger partial charge on any atom is 0.122 e. The molecule has 4 aromatic heterocycles. The predicted octanol–water partition coefficient (Wildman–Crippen LogP) is 5.22. The summed E-state index contributed by atoms with van der Waals surface area (Å²) >= 11 is 1.47. The first kappa shape index (κ1) is 14.9. The molecule has 6 heteroatoms. The zero-order valence-electron chi connectivity index (χ0n) is 13.5. The summed E-state index contributed by atoms with van der Waals surface area (Å²) in [6.07, 6.45) is 5.20. The second kappa shape index (κ2) is 6.16. The third-order valence-electron chi connectivity index (χ3n) is 4.26. The van der Waals surface area contributed by atoms with Gasteiger partial charge in [-0.2, -0.15) is 4.37 Å². The van der Waals surface area contributed by atoms with E-state index < -0.39 is 0 Å². The molecule has 26 heavy (non-hydrogen) atoms. The molecule has 124 valence electrons. The van der Waals surface area contributed by atoms with Gasteiger partial charge in [0.25, 0.3) is 0 Å². The second-order valence-electron chi connectivity index (χ2n) is 5.76. The quantitative estimate of drug-likeness (QED) is 0.373. The van der Waals surface area contributed by atoms with Gasteiger partial charge >= 0.3 is 0 Å². The Bertz CT molecular complexity index is 1250. The Hall–Kier alpha value is -3.38. The maximum absolute atomic E-state index is 4.84. The van der Waals surface area contributed by atoms with Gasteiger partial charge in [-0.25, -0.2) is 0 Å². The molecule has 2 aromatic carbocycles. The van der Waals surface area contributed by atoms with Crippen molar-refractivity contribution in [2.24, 2.45) is 0 Å². The molecule has 0 spiro atoms. The van der Waals surface area contributed by atoms with Gasteiger partial charge < -0.3 is 4.52 Å². The summed E-state index contributed by atoms with van der Waals surface area (Å²) in [6.45, 7) is 0. The van der Waals surface area contributed by atoms with E-state index in [0.29, 0.717) is 0 Å². The van der Waals surface area contributed by atoms with E-state index in [1.165, 1.54) is 16.9 Å². The summed E-state index contributed by atoms with van der Waals surface area (Å²) in [5.74, 6) is 0. The van der Waals surface area contributed by atoms with Crippen LogP contribution in [0, 0.1) is 0 Å². The van der Waals surface area contributed by atoms with Crippen LogP contribution in [0.5, 0.6) is 0 Å². The highest BCUT2D eigenvalue weighted by Gasteiger charge is 2.02. The summed E-state index contributed by atoms with van der Waals surface area (Å²) in [4.78, 5) is 8.58. The molecule has 6 aromatic rings. The van der Waals surface area contributed by atoms with Crippen molar-refractivity contribution in [3.8, 4) is 0 Å². The average Bonchev–Trinajstić information content (AvgIpc) is 3.38. The average molecular weight is 356 g/mol. The van der Waals surface area contributed by atoms with Crippen molar-refractivity contribution in [2.45, 2.75) is 0 Å². The lowest BCUT2D eigenvalue weighted by molar-refractivity contribution is 0.412. The third kappa shape index (κ3) is 2.48. The summed E-state index contributed by atoms with van der Waals surface area (Å²) in [7, 11) is 0. The fourth-order valence-electron chi connectivity index (χ4n) is 3.03. The van der Waals surface area contributed by atoms with Gasteiger partial charge in [-0.05, 0) is 47.9 Å². The highest BCUT2D eigenvalue weighted by Crippen LogP contribution is 2.23. The number of aromatic nitrogens is 4. The molecule has 0 atom stereocenters. The standard InChI is InChI=1S/C10H6N2O.C10H6N2S/c2*1-2-9-8(4-6-13-12-9)10-7(1)3-5-11-10/h2*1-6H. The van der Waals surface area contributed by atoms with Gasteiger partial charge in [0.1, 0.15) is 11.8 Å². The first-order valence-corrected chi connectivity index (χ1v) is 8.89. The van der Waals surface area contributed by atoms with Crippen molar-refractivity contribution in [1.29, 1.82) is 0 Å². The Morgan fingerprint density at radius 1 is 0.692 bits per heavy atom. The molecular formula is C20H12N4OS. The second-order valence-corrected chi connectivity index (χ2v) is 6.43. The zero-order chi connectivity index (χ0) is 17.3.